The van der Waals surface area contributed by atoms with Crippen LogP contribution in [0.4, 0.5) is 11.4 Å². The summed E-state index contributed by atoms with van der Waals surface area (Å²) >= 11 is 0. The maximum absolute atomic E-state index is 11.9. The van der Waals surface area contributed by atoms with Crippen LogP contribution in [0.5, 0.6) is 0 Å². The molecule has 0 aromatic heterocycles. The molecule has 1 aliphatic heterocycles. The van der Waals surface area contributed by atoms with Crippen molar-refractivity contribution in [2.75, 3.05) is 37.8 Å². The van der Waals surface area contributed by atoms with Crippen LogP contribution in [0.15, 0.2) is 18.2 Å². The van der Waals surface area contributed by atoms with Gasteiger partial charge in [0.1, 0.15) is 0 Å². The van der Waals surface area contributed by atoms with Crippen molar-refractivity contribution >= 4 is 17.3 Å². The summed E-state index contributed by atoms with van der Waals surface area (Å²) in [7, 11) is 3.44. The maximum atomic E-state index is 11.9. The lowest BCUT2D eigenvalue weighted by molar-refractivity contribution is 0.0827. The van der Waals surface area contributed by atoms with Gasteiger partial charge in [0.25, 0.3) is 5.91 Å². The van der Waals surface area contributed by atoms with Gasteiger partial charge in [-0.1, -0.05) is 0 Å². The number of carbonyl (C=O) groups is 1. The molecule has 0 radical (unpaired) electrons. The Bertz CT molecular complexity index is 466. The second kappa shape index (κ2) is 5.48. The highest BCUT2D eigenvalue weighted by molar-refractivity contribution is 5.95. The van der Waals surface area contributed by atoms with E-state index in [2.05, 4.69) is 4.90 Å². The van der Waals surface area contributed by atoms with Crippen molar-refractivity contribution in [3.05, 3.63) is 23.8 Å². The Morgan fingerprint density at radius 3 is 2.53 bits per heavy atom. The van der Waals surface area contributed by atoms with Crippen molar-refractivity contribution in [1.29, 1.82) is 0 Å². The fourth-order valence-electron chi connectivity index (χ4n) is 2.34. The van der Waals surface area contributed by atoms with Gasteiger partial charge in [-0.05, 0) is 31.0 Å². The van der Waals surface area contributed by atoms with E-state index in [1.807, 2.05) is 6.07 Å². The van der Waals surface area contributed by atoms with Crippen LogP contribution in [0.1, 0.15) is 23.2 Å². The van der Waals surface area contributed by atoms with E-state index in [0.29, 0.717) is 11.3 Å². The van der Waals surface area contributed by atoms with Gasteiger partial charge in [0, 0.05) is 32.7 Å². The Kier molecular flexibility index (Phi) is 3.95. The molecular weight excluding hydrogens is 242 g/mol. The lowest BCUT2D eigenvalue weighted by Gasteiger charge is -2.32. The molecule has 104 valence electrons. The number of benzene rings is 1. The molecule has 5 nitrogen and oxygen atoms in total. The first-order valence-electron chi connectivity index (χ1n) is 6.53. The number of hydrogen-bond donors (Lipinski definition) is 2. The van der Waals surface area contributed by atoms with Gasteiger partial charge in [-0.2, -0.15) is 0 Å². The first-order chi connectivity index (χ1) is 8.99. The summed E-state index contributed by atoms with van der Waals surface area (Å²) in [5, 5.41) is 9.51. The normalized spacial score (nSPS) is 16.5. The highest BCUT2D eigenvalue weighted by Gasteiger charge is 2.19. The molecule has 2 rings (SSSR count). The van der Waals surface area contributed by atoms with Gasteiger partial charge in [-0.3, -0.25) is 4.79 Å². The van der Waals surface area contributed by atoms with E-state index < -0.39 is 0 Å². The Labute approximate surface area is 113 Å². The number of aliphatic hydroxyl groups is 1. The molecule has 1 aliphatic rings. The first-order valence-corrected chi connectivity index (χ1v) is 6.53. The van der Waals surface area contributed by atoms with E-state index in [9.17, 15) is 9.90 Å². The van der Waals surface area contributed by atoms with Crippen LogP contribution in [0.25, 0.3) is 0 Å². The number of nitrogens with two attached hydrogens (primary N) is 1. The van der Waals surface area contributed by atoms with Crippen molar-refractivity contribution in [3.8, 4) is 0 Å². The van der Waals surface area contributed by atoms with Crippen molar-refractivity contribution in [3.63, 3.8) is 0 Å². The van der Waals surface area contributed by atoms with Gasteiger partial charge in [0.15, 0.2) is 0 Å². The number of rotatable bonds is 2. The second-order valence-electron chi connectivity index (χ2n) is 5.19. The van der Waals surface area contributed by atoms with Gasteiger partial charge in [0.2, 0.25) is 0 Å². The summed E-state index contributed by atoms with van der Waals surface area (Å²) in [4.78, 5) is 15.5. The lowest BCUT2D eigenvalue weighted by Crippen LogP contribution is -2.36. The van der Waals surface area contributed by atoms with Crippen LogP contribution < -0.4 is 10.6 Å². The lowest BCUT2D eigenvalue weighted by atomic mass is 10.1. The van der Waals surface area contributed by atoms with Crippen LogP contribution in [0, 0.1) is 0 Å². The second-order valence-corrected chi connectivity index (χ2v) is 5.19. The third kappa shape index (κ3) is 2.98. The summed E-state index contributed by atoms with van der Waals surface area (Å²) in [6, 6.07) is 5.42. The Morgan fingerprint density at radius 1 is 1.37 bits per heavy atom. The van der Waals surface area contributed by atoms with E-state index >= 15 is 0 Å². The zero-order valence-corrected chi connectivity index (χ0v) is 11.5. The smallest absolute Gasteiger partial charge is 0.253 e. The molecule has 0 bridgehead atoms. The van der Waals surface area contributed by atoms with Gasteiger partial charge < -0.3 is 20.6 Å². The topological polar surface area (TPSA) is 69.8 Å². The summed E-state index contributed by atoms with van der Waals surface area (Å²) in [6.07, 6.45) is 1.32. The average Bonchev–Trinajstić information content (AvgIpc) is 2.39. The summed E-state index contributed by atoms with van der Waals surface area (Å²) in [6.45, 7) is 1.60. The van der Waals surface area contributed by atoms with Crippen LogP contribution in [-0.4, -0.2) is 49.2 Å². The molecule has 1 saturated heterocycles. The molecule has 1 heterocycles. The van der Waals surface area contributed by atoms with Crippen molar-refractivity contribution in [1.82, 2.24) is 4.90 Å². The monoisotopic (exact) mass is 263 g/mol. The predicted molar refractivity (Wildman–Crippen MR) is 76.3 cm³/mol. The van der Waals surface area contributed by atoms with E-state index in [1.54, 1.807) is 26.2 Å². The van der Waals surface area contributed by atoms with Crippen LogP contribution >= 0.6 is 0 Å². The minimum Gasteiger partial charge on any atom is -0.397 e. The number of piperidine rings is 1. The number of nitrogens with zero attached hydrogens (tertiary/aromatic N) is 2. The number of carbonyl (C=O) groups excluding carboxylic acids is 1. The van der Waals surface area contributed by atoms with E-state index in [1.165, 1.54) is 4.90 Å². The molecule has 19 heavy (non-hydrogen) atoms. The van der Waals surface area contributed by atoms with Crippen molar-refractivity contribution < 1.29 is 9.90 Å². The molecule has 3 N–H and O–H groups in total. The minimum atomic E-state index is -0.202. The SMILES string of the molecule is CN(C)C(=O)c1ccc(N2CCC(O)CC2)c(N)c1. The third-order valence-corrected chi connectivity index (χ3v) is 3.49. The minimum absolute atomic E-state index is 0.0488. The highest BCUT2D eigenvalue weighted by atomic mass is 16.3. The van der Waals surface area contributed by atoms with Gasteiger partial charge in [-0.25, -0.2) is 0 Å². The quantitative estimate of drug-likeness (QED) is 0.779. The number of amides is 1. The zero-order valence-electron chi connectivity index (χ0n) is 11.5. The highest BCUT2D eigenvalue weighted by Crippen LogP contribution is 2.27. The van der Waals surface area contributed by atoms with Gasteiger partial charge >= 0.3 is 0 Å². The van der Waals surface area contributed by atoms with Crippen LogP contribution in [0.2, 0.25) is 0 Å². The number of nitrogen functional groups attached to an aromatic ring is 1. The molecule has 0 atom stereocenters. The number of anilines is 2. The molecule has 1 aromatic carbocycles. The summed E-state index contributed by atoms with van der Waals surface area (Å²) < 4.78 is 0. The molecule has 1 aromatic rings. The predicted octanol–water partition coefficient (Wildman–Crippen LogP) is 0.932. The Hall–Kier alpha value is -1.75. The maximum Gasteiger partial charge on any atom is 0.253 e. The molecule has 0 aliphatic carbocycles. The summed E-state index contributed by atoms with van der Waals surface area (Å²) in [5.74, 6) is -0.0488. The van der Waals surface area contributed by atoms with Gasteiger partial charge in [-0.15, -0.1) is 0 Å². The fraction of sp³-hybridized carbons (Fsp3) is 0.500. The molecular formula is C14H21N3O2. The molecule has 5 heteroatoms. The van der Waals surface area contributed by atoms with E-state index in [4.69, 9.17) is 5.73 Å². The standard InChI is InChI=1S/C14H21N3O2/c1-16(2)14(19)10-3-4-13(12(15)9-10)17-7-5-11(18)6-8-17/h3-4,9,11,18H,5-8,15H2,1-2H3. The van der Waals surface area contributed by atoms with Crippen LogP contribution in [-0.2, 0) is 0 Å². The van der Waals surface area contributed by atoms with E-state index in [-0.39, 0.29) is 12.0 Å². The number of aliphatic hydroxyl groups excluding tert-OH is 1. The third-order valence-electron chi connectivity index (χ3n) is 3.49. The Balaban J connectivity index is 2.18. The Morgan fingerprint density at radius 2 is 2.00 bits per heavy atom. The zero-order chi connectivity index (χ0) is 14.0. The summed E-state index contributed by atoms with van der Waals surface area (Å²) in [5.41, 5.74) is 8.21. The molecule has 0 spiro atoms. The number of hydrogen-bond acceptors (Lipinski definition) is 4. The molecule has 0 saturated carbocycles. The molecule has 0 unspecified atom stereocenters. The average molecular weight is 263 g/mol. The fourth-order valence-corrected chi connectivity index (χ4v) is 2.34. The van der Waals surface area contributed by atoms with Crippen molar-refractivity contribution in [2.45, 2.75) is 18.9 Å². The molecule has 1 amide bonds. The van der Waals surface area contributed by atoms with E-state index in [0.717, 1.165) is 31.6 Å². The van der Waals surface area contributed by atoms with Gasteiger partial charge in [0.05, 0.1) is 17.5 Å². The van der Waals surface area contributed by atoms with Crippen molar-refractivity contribution in [2.24, 2.45) is 0 Å². The molecule has 1 fully saturated rings. The largest absolute Gasteiger partial charge is 0.397 e. The first kappa shape index (κ1) is 13.7. The van der Waals surface area contributed by atoms with Crippen LogP contribution in [0.3, 0.4) is 0 Å².